The van der Waals surface area contributed by atoms with Gasteiger partial charge in [-0.15, -0.1) is 0 Å². The van der Waals surface area contributed by atoms with Crippen molar-refractivity contribution in [2.24, 2.45) is 5.73 Å². The second kappa shape index (κ2) is 6.44. The zero-order valence-electron chi connectivity index (χ0n) is 10.8. The predicted octanol–water partition coefficient (Wildman–Crippen LogP) is 2.90. The highest BCUT2D eigenvalue weighted by molar-refractivity contribution is 9.10. The number of rotatable bonds is 3. The molecule has 1 unspecified atom stereocenters. The molecule has 1 atom stereocenters. The van der Waals surface area contributed by atoms with E-state index < -0.39 is 0 Å². The highest BCUT2D eigenvalue weighted by Crippen LogP contribution is 2.14. The fourth-order valence-electron chi connectivity index (χ4n) is 1.53. The Labute approximate surface area is 124 Å². The molecule has 0 fully saturated rings. The van der Waals surface area contributed by atoms with Crippen LogP contribution in [0.2, 0.25) is 0 Å². The van der Waals surface area contributed by atoms with Crippen LogP contribution >= 0.6 is 15.9 Å². The summed E-state index contributed by atoms with van der Waals surface area (Å²) in [6, 6.07) is 6.93. The zero-order chi connectivity index (χ0) is 14.5. The molecule has 1 aromatic carbocycles. The molecule has 0 aliphatic carbocycles. The van der Waals surface area contributed by atoms with Gasteiger partial charge in [0.1, 0.15) is 4.60 Å². The maximum atomic E-state index is 11.8. The number of halogens is 1. The normalized spacial score (nSPS) is 11.8. The van der Waals surface area contributed by atoms with Crippen molar-refractivity contribution >= 4 is 33.5 Å². The van der Waals surface area contributed by atoms with Gasteiger partial charge in [-0.05, 0) is 40.5 Å². The number of nitrogens with two attached hydrogens (primary N) is 1. The Bertz CT molecular complexity index is 583. The van der Waals surface area contributed by atoms with Crippen LogP contribution in [0, 0.1) is 0 Å². The van der Waals surface area contributed by atoms with Gasteiger partial charge in [0.2, 0.25) is 0 Å². The molecular weight excluding hydrogens is 322 g/mol. The molecule has 4 N–H and O–H groups in total. The summed E-state index contributed by atoms with van der Waals surface area (Å²) in [6.07, 6.45) is 2.97. The van der Waals surface area contributed by atoms with Gasteiger partial charge in [-0.1, -0.05) is 12.1 Å². The number of hydrogen-bond acceptors (Lipinski definition) is 4. The number of amides is 2. The van der Waals surface area contributed by atoms with Crippen molar-refractivity contribution in [1.82, 2.24) is 9.97 Å². The lowest BCUT2D eigenvalue weighted by Crippen LogP contribution is -2.20. The molecule has 7 heteroatoms. The second-order valence-electron chi connectivity index (χ2n) is 4.21. The molecule has 1 aromatic heterocycles. The average molecular weight is 336 g/mol. The molecule has 1 heterocycles. The Balaban J connectivity index is 1.95. The lowest BCUT2D eigenvalue weighted by Gasteiger charge is -2.09. The molecule has 0 radical (unpaired) electrons. The summed E-state index contributed by atoms with van der Waals surface area (Å²) in [5, 5.41) is 5.29. The maximum Gasteiger partial charge on any atom is 0.324 e. The summed E-state index contributed by atoms with van der Waals surface area (Å²) in [5.41, 5.74) is 7.45. The van der Waals surface area contributed by atoms with Gasteiger partial charge >= 0.3 is 6.03 Å². The maximum absolute atomic E-state index is 11.8. The van der Waals surface area contributed by atoms with E-state index in [4.69, 9.17) is 5.73 Å². The van der Waals surface area contributed by atoms with Crippen molar-refractivity contribution < 1.29 is 4.79 Å². The van der Waals surface area contributed by atoms with Crippen LogP contribution in [0.5, 0.6) is 0 Å². The van der Waals surface area contributed by atoms with E-state index in [9.17, 15) is 4.79 Å². The van der Waals surface area contributed by atoms with E-state index in [2.05, 4.69) is 36.5 Å². The van der Waals surface area contributed by atoms with Gasteiger partial charge < -0.3 is 11.1 Å². The minimum absolute atomic E-state index is 0.0316. The van der Waals surface area contributed by atoms with Gasteiger partial charge in [0, 0.05) is 11.7 Å². The van der Waals surface area contributed by atoms with E-state index >= 15 is 0 Å². The molecule has 0 saturated carbocycles. The minimum Gasteiger partial charge on any atom is -0.324 e. The van der Waals surface area contributed by atoms with E-state index in [-0.39, 0.29) is 12.1 Å². The van der Waals surface area contributed by atoms with Gasteiger partial charge in [0.15, 0.2) is 5.82 Å². The van der Waals surface area contributed by atoms with E-state index in [1.165, 1.54) is 12.4 Å². The SMILES string of the molecule is CC(N)c1ccc(NC(=O)Nc2cnc(Br)cn2)cc1. The van der Waals surface area contributed by atoms with E-state index in [1.807, 2.05) is 19.1 Å². The Morgan fingerprint density at radius 2 is 1.90 bits per heavy atom. The van der Waals surface area contributed by atoms with E-state index in [1.54, 1.807) is 12.1 Å². The largest absolute Gasteiger partial charge is 0.324 e. The van der Waals surface area contributed by atoms with Gasteiger partial charge in [-0.25, -0.2) is 14.8 Å². The third-order valence-corrected chi connectivity index (χ3v) is 2.97. The molecule has 0 spiro atoms. The minimum atomic E-state index is -0.379. The third kappa shape index (κ3) is 4.01. The lowest BCUT2D eigenvalue weighted by molar-refractivity contribution is 0.262. The molecule has 2 rings (SSSR count). The predicted molar refractivity (Wildman–Crippen MR) is 81.4 cm³/mol. The van der Waals surface area contributed by atoms with Crippen molar-refractivity contribution in [2.45, 2.75) is 13.0 Å². The fourth-order valence-corrected chi connectivity index (χ4v) is 1.73. The van der Waals surface area contributed by atoms with Gasteiger partial charge in [0.25, 0.3) is 0 Å². The third-order valence-electron chi connectivity index (χ3n) is 2.56. The number of nitrogens with one attached hydrogen (secondary N) is 2. The van der Waals surface area contributed by atoms with Crippen LogP contribution in [0.15, 0.2) is 41.3 Å². The van der Waals surface area contributed by atoms with Gasteiger partial charge in [-0.3, -0.25) is 5.32 Å². The summed E-state index contributed by atoms with van der Waals surface area (Å²) in [6.45, 7) is 1.90. The van der Waals surface area contributed by atoms with E-state index in [0.29, 0.717) is 16.1 Å². The molecular formula is C13H14BrN5O. The summed E-state index contributed by atoms with van der Waals surface area (Å²) < 4.78 is 0.606. The Kier molecular flexibility index (Phi) is 4.65. The van der Waals surface area contributed by atoms with Gasteiger partial charge in [-0.2, -0.15) is 0 Å². The van der Waals surface area contributed by atoms with Crippen LogP contribution in [-0.2, 0) is 0 Å². The Morgan fingerprint density at radius 3 is 2.45 bits per heavy atom. The number of urea groups is 1. The summed E-state index contributed by atoms with van der Waals surface area (Å²) >= 11 is 3.17. The number of anilines is 2. The van der Waals surface area contributed by atoms with Crippen LogP contribution < -0.4 is 16.4 Å². The Morgan fingerprint density at radius 1 is 1.20 bits per heavy atom. The van der Waals surface area contributed by atoms with Crippen molar-refractivity contribution in [2.75, 3.05) is 10.6 Å². The zero-order valence-corrected chi connectivity index (χ0v) is 12.4. The quantitative estimate of drug-likeness (QED) is 0.803. The van der Waals surface area contributed by atoms with Crippen molar-refractivity contribution in [3.05, 3.63) is 46.8 Å². The molecule has 0 aliphatic heterocycles. The van der Waals surface area contributed by atoms with Crippen LogP contribution in [0.1, 0.15) is 18.5 Å². The average Bonchev–Trinajstić information content (AvgIpc) is 2.42. The highest BCUT2D eigenvalue weighted by atomic mass is 79.9. The lowest BCUT2D eigenvalue weighted by atomic mass is 10.1. The first kappa shape index (κ1) is 14.4. The van der Waals surface area contributed by atoms with Gasteiger partial charge in [0.05, 0.1) is 12.4 Å². The van der Waals surface area contributed by atoms with Crippen LogP contribution in [-0.4, -0.2) is 16.0 Å². The smallest absolute Gasteiger partial charge is 0.324 e. The van der Waals surface area contributed by atoms with Crippen molar-refractivity contribution in [3.63, 3.8) is 0 Å². The number of carbonyl (C=O) groups excluding carboxylic acids is 1. The molecule has 2 aromatic rings. The number of benzene rings is 1. The fraction of sp³-hybridized carbons (Fsp3) is 0.154. The number of nitrogens with zero attached hydrogens (tertiary/aromatic N) is 2. The first-order valence-corrected chi connectivity index (χ1v) is 6.75. The van der Waals surface area contributed by atoms with Crippen LogP contribution in [0.3, 0.4) is 0 Å². The molecule has 2 amide bonds. The molecule has 0 bridgehead atoms. The highest BCUT2D eigenvalue weighted by Gasteiger charge is 2.05. The standard InChI is InChI=1S/C13H14BrN5O/c1-8(15)9-2-4-10(5-3-9)18-13(20)19-12-7-16-11(14)6-17-12/h2-8H,15H2,1H3,(H2,17,18,19,20). The number of aromatic nitrogens is 2. The second-order valence-corrected chi connectivity index (χ2v) is 5.03. The van der Waals surface area contributed by atoms with Crippen molar-refractivity contribution in [1.29, 1.82) is 0 Å². The summed E-state index contributed by atoms with van der Waals surface area (Å²) in [7, 11) is 0. The molecule has 6 nitrogen and oxygen atoms in total. The van der Waals surface area contributed by atoms with Crippen LogP contribution in [0.4, 0.5) is 16.3 Å². The number of carbonyl (C=O) groups is 1. The molecule has 104 valence electrons. The van der Waals surface area contributed by atoms with Crippen LogP contribution in [0.25, 0.3) is 0 Å². The van der Waals surface area contributed by atoms with E-state index in [0.717, 1.165) is 5.56 Å². The first-order valence-electron chi connectivity index (χ1n) is 5.95. The molecule has 0 saturated heterocycles. The summed E-state index contributed by atoms with van der Waals surface area (Å²) in [4.78, 5) is 19.7. The molecule has 20 heavy (non-hydrogen) atoms. The number of hydrogen-bond donors (Lipinski definition) is 3. The summed E-state index contributed by atoms with van der Waals surface area (Å²) in [5.74, 6) is 0.373. The topological polar surface area (TPSA) is 92.9 Å². The first-order chi connectivity index (χ1) is 9.54. The molecule has 0 aliphatic rings. The van der Waals surface area contributed by atoms with Crippen molar-refractivity contribution in [3.8, 4) is 0 Å². The Hall–Kier alpha value is -1.99. The monoisotopic (exact) mass is 335 g/mol.